The molecule has 0 bridgehead atoms. The third kappa shape index (κ3) is 2.77. The lowest BCUT2D eigenvalue weighted by atomic mass is 10.00. The van der Waals surface area contributed by atoms with Gasteiger partial charge in [0.2, 0.25) is 0 Å². The second-order valence-electron chi connectivity index (χ2n) is 6.70. The molecule has 126 valence electrons. The third-order valence-corrected chi connectivity index (χ3v) is 5.28. The van der Waals surface area contributed by atoms with E-state index in [1.54, 1.807) is 17.0 Å². The van der Waals surface area contributed by atoms with Gasteiger partial charge in [0, 0.05) is 51.3 Å². The van der Waals surface area contributed by atoms with Crippen molar-refractivity contribution in [2.75, 3.05) is 26.4 Å². The number of carbonyl (C=O) groups excluding carboxylic acids is 1. The largest absolute Gasteiger partial charge is 0.380 e. The summed E-state index contributed by atoms with van der Waals surface area (Å²) in [5, 5.41) is 3.14. The number of nitrogens with one attached hydrogen (secondary N) is 1. The fourth-order valence-electron chi connectivity index (χ4n) is 4.14. The minimum atomic E-state index is -0.125. The van der Waals surface area contributed by atoms with E-state index < -0.39 is 0 Å². The monoisotopic (exact) mass is 320 g/mol. The molecule has 7 heteroatoms. The summed E-state index contributed by atoms with van der Waals surface area (Å²) in [5.74, 6) is 0.319. The van der Waals surface area contributed by atoms with Crippen molar-refractivity contribution in [1.29, 1.82) is 0 Å². The SMILES string of the molecule is Cn1ccnc1C(=O)N[C@H]1CN([C@H]2CCOC2)[C@@H]2CCCO[C@H]12. The highest BCUT2D eigenvalue weighted by atomic mass is 16.5. The van der Waals surface area contributed by atoms with Crippen LogP contribution in [-0.2, 0) is 16.5 Å². The molecule has 7 nitrogen and oxygen atoms in total. The molecule has 0 unspecified atom stereocenters. The van der Waals surface area contributed by atoms with Crippen molar-refractivity contribution in [2.24, 2.45) is 7.05 Å². The molecule has 4 rings (SSSR count). The molecule has 1 N–H and O–H groups in total. The van der Waals surface area contributed by atoms with E-state index in [0.717, 1.165) is 45.6 Å². The number of amides is 1. The van der Waals surface area contributed by atoms with Crippen molar-refractivity contribution in [3.05, 3.63) is 18.2 Å². The molecule has 3 saturated heterocycles. The first-order valence-electron chi connectivity index (χ1n) is 8.47. The minimum Gasteiger partial charge on any atom is -0.380 e. The fourth-order valence-corrected chi connectivity index (χ4v) is 4.14. The number of imidazole rings is 1. The molecule has 3 aliphatic rings. The standard InChI is InChI=1S/C16H24N4O3/c1-19-6-5-17-15(19)16(21)18-12-9-20(11-4-8-22-10-11)13-3-2-7-23-14(12)13/h5-6,11-14H,2-4,7-10H2,1H3,(H,18,21)/t11-,12-,13+,14+/m0/s1. The van der Waals surface area contributed by atoms with Gasteiger partial charge in [-0.1, -0.05) is 0 Å². The van der Waals surface area contributed by atoms with Crippen LogP contribution in [0.5, 0.6) is 0 Å². The lowest BCUT2D eigenvalue weighted by Gasteiger charge is -2.34. The van der Waals surface area contributed by atoms with E-state index in [1.807, 2.05) is 7.05 Å². The van der Waals surface area contributed by atoms with E-state index in [2.05, 4.69) is 15.2 Å². The third-order valence-electron chi connectivity index (χ3n) is 5.28. The summed E-state index contributed by atoms with van der Waals surface area (Å²) >= 11 is 0. The Bertz CT molecular complexity index is 569. The second-order valence-corrected chi connectivity index (χ2v) is 6.70. The highest BCUT2D eigenvalue weighted by molar-refractivity contribution is 5.91. The van der Waals surface area contributed by atoms with E-state index in [0.29, 0.717) is 17.9 Å². The maximum atomic E-state index is 12.5. The van der Waals surface area contributed by atoms with Gasteiger partial charge in [-0.25, -0.2) is 4.98 Å². The van der Waals surface area contributed by atoms with Crippen LogP contribution >= 0.6 is 0 Å². The number of fused-ring (bicyclic) bond motifs is 1. The summed E-state index contributed by atoms with van der Waals surface area (Å²) in [5.41, 5.74) is 0. The first-order valence-corrected chi connectivity index (χ1v) is 8.47. The predicted octanol–water partition coefficient (Wildman–Crippen LogP) is 0.171. The lowest BCUT2D eigenvalue weighted by molar-refractivity contribution is -0.0270. The molecule has 23 heavy (non-hydrogen) atoms. The van der Waals surface area contributed by atoms with Crippen molar-refractivity contribution in [3.63, 3.8) is 0 Å². The zero-order valence-electron chi connectivity index (χ0n) is 13.5. The van der Waals surface area contributed by atoms with Crippen LogP contribution in [-0.4, -0.2) is 71.0 Å². The maximum absolute atomic E-state index is 12.5. The average Bonchev–Trinajstić information content (AvgIpc) is 3.27. The molecule has 0 aliphatic carbocycles. The minimum absolute atomic E-state index is 0.0186. The summed E-state index contributed by atoms with van der Waals surface area (Å²) in [6.07, 6.45) is 6.80. The number of hydrogen-bond acceptors (Lipinski definition) is 5. The zero-order valence-corrected chi connectivity index (χ0v) is 13.5. The highest BCUT2D eigenvalue weighted by Crippen LogP contribution is 2.32. The molecule has 4 heterocycles. The zero-order chi connectivity index (χ0) is 15.8. The van der Waals surface area contributed by atoms with Gasteiger partial charge in [-0.2, -0.15) is 0 Å². The number of aromatic nitrogens is 2. The van der Waals surface area contributed by atoms with E-state index in [9.17, 15) is 4.79 Å². The van der Waals surface area contributed by atoms with Crippen LogP contribution < -0.4 is 5.32 Å². The summed E-state index contributed by atoms with van der Waals surface area (Å²) in [6.45, 7) is 3.25. The van der Waals surface area contributed by atoms with Gasteiger partial charge in [-0.3, -0.25) is 9.69 Å². The lowest BCUT2D eigenvalue weighted by Crippen LogP contribution is -2.48. The van der Waals surface area contributed by atoms with Crippen LogP contribution in [0.15, 0.2) is 12.4 Å². The normalized spacial score (nSPS) is 34.5. The molecule has 0 aromatic carbocycles. The van der Waals surface area contributed by atoms with Crippen LogP contribution in [0.1, 0.15) is 29.9 Å². The second kappa shape index (κ2) is 6.22. The molecule has 3 aliphatic heterocycles. The highest BCUT2D eigenvalue weighted by Gasteiger charge is 2.47. The van der Waals surface area contributed by atoms with Crippen LogP contribution in [0.4, 0.5) is 0 Å². The van der Waals surface area contributed by atoms with Crippen LogP contribution in [0.25, 0.3) is 0 Å². The molecule has 0 radical (unpaired) electrons. The summed E-state index contributed by atoms with van der Waals surface area (Å²) < 4.78 is 13.3. The van der Waals surface area contributed by atoms with Gasteiger partial charge in [0.25, 0.3) is 5.91 Å². The van der Waals surface area contributed by atoms with Crippen molar-refractivity contribution >= 4 is 5.91 Å². The van der Waals surface area contributed by atoms with E-state index in [1.165, 1.54) is 0 Å². The smallest absolute Gasteiger partial charge is 0.287 e. The Morgan fingerprint density at radius 3 is 3.04 bits per heavy atom. The number of rotatable bonds is 3. The average molecular weight is 320 g/mol. The predicted molar refractivity (Wildman–Crippen MR) is 83.2 cm³/mol. The molecular formula is C16H24N4O3. The molecule has 3 fully saturated rings. The van der Waals surface area contributed by atoms with Crippen molar-refractivity contribution in [1.82, 2.24) is 19.8 Å². The number of likely N-dealkylation sites (tertiary alicyclic amines) is 1. The van der Waals surface area contributed by atoms with Gasteiger partial charge in [-0.05, 0) is 19.3 Å². The fraction of sp³-hybridized carbons (Fsp3) is 0.750. The summed E-state index contributed by atoms with van der Waals surface area (Å²) in [6, 6.07) is 0.867. The van der Waals surface area contributed by atoms with E-state index in [4.69, 9.17) is 9.47 Å². The van der Waals surface area contributed by atoms with Gasteiger partial charge in [0.05, 0.1) is 18.8 Å². The van der Waals surface area contributed by atoms with Crippen LogP contribution in [0, 0.1) is 0 Å². The van der Waals surface area contributed by atoms with Gasteiger partial charge in [0.1, 0.15) is 0 Å². The van der Waals surface area contributed by atoms with Crippen LogP contribution in [0.3, 0.4) is 0 Å². The summed E-state index contributed by atoms with van der Waals surface area (Å²) in [4.78, 5) is 19.1. The molecule has 4 atom stereocenters. The van der Waals surface area contributed by atoms with Gasteiger partial charge in [-0.15, -0.1) is 0 Å². The number of hydrogen-bond donors (Lipinski definition) is 1. The molecule has 1 aromatic rings. The Hall–Kier alpha value is -1.44. The van der Waals surface area contributed by atoms with Gasteiger partial charge in [0.15, 0.2) is 5.82 Å². The van der Waals surface area contributed by atoms with E-state index in [-0.39, 0.29) is 18.1 Å². The molecular weight excluding hydrogens is 296 g/mol. The Morgan fingerprint density at radius 1 is 1.39 bits per heavy atom. The number of carbonyl (C=O) groups is 1. The molecule has 0 saturated carbocycles. The number of aryl methyl sites for hydroxylation is 1. The molecule has 1 amide bonds. The number of ether oxygens (including phenoxy) is 2. The topological polar surface area (TPSA) is 68.6 Å². The Kier molecular flexibility index (Phi) is 4.09. The van der Waals surface area contributed by atoms with Crippen molar-refractivity contribution in [3.8, 4) is 0 Å². The first-order chi connectivity index (χ1) is 11.2. The maximum Gasteiger partial charge on any atom is 0.287 e. The summed E-state index contributed by atoms with van der Waals surface area (Å²) in [7, 11) is 1.83. The number of nitrogens with zero attached hydrogens (tertiary/aromatic N) is 3. The van der Waals surface area contributed by atoms with E-state index >= 15 is 0 Å². The Morgan fingerprint density at radius 2 is 2.30 bits per heavy atom. The Balaban J connectivity index is 1.49. The first kappa shape index (κ1) is 15.1. The quantitative estimate of drug-likeness (QED) is 0.860. The molecule has 0 spiro atoms. The van der Waals surface area contributed by atoms with Crippen molar-refractivity contribution < 1.29 is 14.3 Å². The molecule has 1 aromatic heterocycles. The van der Waals surface area contributed by atoms with Gasteiger partial charge >= 0.3 is 0 Å². The van der Waals surface area contributed by atoms with Crippen LogP contribution in [0.2, 0.25) is 0 Å². The van der Waals surface area contributed by atoms with Gasteiger partial charge < -0.3 is 19.4 Å². The van der Waals surface area contributed by atoms with Crippen molar-refractivity contribution in [2.45, 2.75) is 43.5 Å². The Labute approximate surface area is 135 Å².